The fraction of sp³-hybridized carbons (Fsp3) is 0.294. The van der Waals surface area contributed by atoms with Crippen LogP contribution in [0.5, 0.6) is 0 Å². The second kappa shape index (κ2) is 7.61. The lowest BCUT2D eigenvalue weighted by atomic mass is 9.93. The Hall–Kier alpha value is -1.15. The van der Waals surface area contributed by atoms with Gasteiger partial charge in [-0.05, 0) is 29.7 Å². The van der Waals surface area contributed by atoms with Crippen molar-refractivity contribution >= 4 is 33.5 Å². The smallest absolute Gasteiger partial charge is 0.333 e. The first-order chi connectivity index (χ1) is 11.8. The van der Waals surface area contributed by atoms with E-state index in [0.717, 1.165) is 11.1 Å². The highest BCUT2D eigenvalue weighted by molar-refractivity contribution is 7.84. The third-order valence-electron chi connectivity index (χ3n) is 4.14. The van der Waals surface area contributed by atoms with Gasteiger partial charge in [-0.1, -0.05) is 59.6 Å². The van der Waals surface area contributed by atoms with E-state index in [4.69, 9.17) is 37.3 Å². The fourth-order valence-electron chi connectivity index (χ4n) is 3.02. The van der Waals surface area contributed by atoms with Crippen LogP contribution in [0.15, 0.2) is 48.5 Å². The average molecular weight is 402 g/mol. The van der Waals surface area contributed by atoms with E-state index in [1.54, 1.807) is 18.2 Å². The van der Waals surface area contributed by atoms with Gasteiger partial charge in [0.15, 0.2) is 0 Å². The maximum atomic E-state index is 11.2. The molecule has 2 aromatic carbocycles. The van der Waals surface area contributed by atoms with Gasteiger partial charge in [0.1, 0.15) is 0 Å². The van der Waals surface area contributed by atoms with Gasteiger partial charge in [0.05, 0.1) is 18.8 Å². The van der Waals surface area contributed by atoms with Crippen molar-refractivity contribution in [1.29, 1.82) is 0 Å². The number of hydrogen-bond donors (Lipinski definition) is 1. The monoisotopic (exact) mass is 401 g/mol. The molecule has 0 saturated carbocycles. The minimum Gasteiger partial charge on any atom is -0.365 e. The molecule has 0 bridgehead atoms. The van der Waals surface area contributed by atoms with E-state index in [0.29, 0.717) is 16.5 Å². The van der Waals surface area contributed by atoms with Gasteiger partial charge in [-0.3, -0.25) is 4.18 Å². The molecule has 25 heavy (non-hydrogen) atoms. The Kier molecular flexibility index (Phi) is 5.68. The second-order valence-electron chi connectivity index (χ2n) is 5.89. The minimum atomic E-state index is -4.03. The Balaban J connectivity index is 1.88. The first-order valence-corrected chi connectivity index (χ1v) is 9.89. The average Bonchev–Trinajstić information content (AvgIpc) is 2.97. The van der Waals surface area contributed by atoms with Crippen LogP contribution in [0.3, 0.4) is 0 Å². The van der Waals surface area contributed by atoms with E-state index in [-0.39, 0.29) is 18.6 Å². The number of rotatable bonds is 5. The van der Waals surface area contributed by atoms with Crippen molar-refractivity contribution in [3.63, 3.8) is 0 Å². The second-order valence-corrected chi connectivity index (χ2v) is 7.96. The summed E-state index contributed by atoms with van der Waals surface area (Å²) in [7, 11) is -4.03. The summed E-state index contributed by atoms with van der Waals surface area (Å²) in [6, 6.07) is 14.9. The highest BCUT2D eigenvalue weighted by Gasteiger charge is 2.38. The third-order valence-corrected chi connectivity index (χ3v) is 5.17. The summed E-state index contributed by atoms with van der Waals surface area (Å²) in [5, 5.41) is 5.94. The molecule has 5 nitrogen and oxygen atoms in total. The maximum absolute atomic E-state index is 11.2. The van der Waals surface area contributed by atoms with Crippen molar-refractivity contribution in [2.45, 2.75) is 18.6 Å². The molecule has 1 heterocycles. The molecule has 0 aliphatic carbocycles. The zero-order valence-corrected chi connectivity index (χ0v) is 15.5. The molecule has 1 aliphatic rings. The summed E-state index contributed by atoms with van der Waals surface area (Å²) in [5.74, 6) is -0.220. The first-order valence-electron chi connectivity index (χ1n) is 7.66. The topological polar surface area (TPSA) is 78.6 Å². The Morgan fingerprint density at radius 1 is 1.16 bits per heavy atom. The summed E-state index contributed by atoms with van der Waals surface area (Å²) in [6.45, 7) is -0.0776. The molecule has 3 atom stereocenters. The normalized spacial score (nSPS) is 23.7. The summed E-state index contributed by atoms with van der Waals surface area (Å²) in [4.78, 5) is 0. The van der Waals surface area contributed by atoms with Crippen LogP contribution in [0.4, 0.5) is 0 Å². The molecule has 1 fully saturated rings. The maximum Gasteiger partial charge on any atom is 0.333 e. The lowest BCUT2D eigenvalue weighted by molar-refractivity contribution is 0.0271. The molecule has 1 saturated heterocycles. The van der Waals surface area contributed by atoms with Gasteiger partial charge < -0.3 is 4.74 Å². The molecule has 134 valence electrons. The number of ether oxygens (including phenoxy) is 1. The Morgan fingerprint density at radius 3 is 2.52 bits per heavy atom. The van der Waals surface area contributed by atoms with E-state index >= 15 is 0 Å². The molecule has 8 heteroatoms. The molecule has 1 unspecified atom stereocenters. The molecule has 0 radical (unpaired) electrons. The van der Waals surface area contributed by atoms with Crippen LogP contribution >= 0.6 is 23.2 Å². The molecule has 0 aromatic heterocycles. The van der Waals surface area contributed by atoms with Gasteiger partial charge >= 0.3 is 10.3 Å². The van der Waals surface area contributed by atoms with Crippen molar-refractivity contribution in [2.24, 2.45) is 11.1 Å². The third kappa shape index (κ3) is 4.73. The predicted molar refractivity (Wildman–Crippen MR) is 96.6 cm³/mol. The summed E-state index contributed by atoms with van der Waals surface area (Å²) in [6.07, 6.45) is -0.0212. The van der Waals surface area contributed by atoms with Gasteiger partial charge in [0.2, 0.25) is 0 Å². The highest BCUT2D eigenvalue weighted by Crippen LogP contribution is 2.47. The van der Waals surface area contributed by atoms with E-state index < -0.39 is 16.4 Å². The van der Waals surface area contributed by atoms with Gasteiger partial charge in [0, 0.05) is 16.0 Å². The predicted octanol–water partition coefficient (Wildman–Crippen LogP) is 4.03. The van der Waals surface area contributed by atoms with Crippen molar-refractivity contribution < 1.29 is 17.3 Å². The van der Waals surface area contributed by atoms with Crippen LogP contribution in [-0.2, 0) is 19.2 Å². The van der Waals surface area contributed by atoms with Crippen LogP contribution in [-0.4, -0.2) is 15.0 Å². The Labute approximate surface area is 156 Å². The minimum absolute atomic E-state index is 0.0776. The standard InChI is InChI=1S/C17H17Cl2NO4S/c18-13-6-7-14(15(19)9-13)17-12(10-23-25(20,21)22)8-16(24-17)11-4-2-1-3-5-11/h1-7,9,12,16-17H,8,10H2,(H2,20,21,22)/t12-,16?,17+/m0/s1. The molecular weight excluding hydrogens is 385 g/mol. The van der Waals surface area contributed by atoms with Crippen LogP contribution in [0.2, 0.25) is 10.0 Å². The molecule has 1 aliphatic heterocycles. The number of hydrogen-bond acceptors (Lipinski definition) is 4. The summed E-state index contributed by atoms with van der Waals surface area (Å²) < 4.78 is 33.3. The number of halogens is 2. The fourth-order valence-corrected chi connectivity index (χ4v) is 3.90. The van der Waals surface area contributed by atoms with Crippen LogP contribution in [0, 0.1) is 5.92 Å². The van der Waals surface area contributed by atoms with E-state index in [2.05, 4.69) is 0 Å². The lowest BCUT2D eigenvalue weighted by Gasteiger charge is -2.20. The molecule has 0 amide bonds. The van der Waals surface area contributed by atoms with Gasteiger partial charge in [-0.25, -0.2) is 5.14 Å². The van der Waals surface area contributed by atoms with Gasteiger partial charge in [-0.15, -0.1) is 0 Å². The van der Waals surface area contributed by atoms with Crippen molar-refractivity contribution in [1.82, 2.24) is 0 Å². The van der Waals surface area contributed by atoms with Crippen molar-refractivity contribution in [2.75, 3.05) is 6.61 Å². The molecule has 3 rings (SSSR count). The number of benzene rings is 2. The quantitative estimate of drug-likeness (QED) is 0.819. The number of nitrogens with two attached hydrogens (primary N) is 1. The van der Waals surface area contributed by atoms with E-state index in [1.807, 2.05) is 30.3 Å². The zero-order valence-electron chi connectivity index (χ0n) is 13.1. The van der Waals surface area contributed by atoms with Gasteiger partial charge in [-0.2, -0.15) is 8.42 Å². The van der Waals surface area contributed by atoms with E-state index in [1.165, 1.54) is 0 Å². The summed E-state index contributed by atoms with van der Waals surface area (Å²) >= 11 is 12.3. The molecule has 2 aromatic rings. The van der Waals surface area contributed by atoms with Gasteiger partial charge in [0.25, 0.3) is 0 Å². The van der Waals surface area contributed by atoms with Crippen molar-refractivity contribution in [3.05, 3.63) is 69.7 Å². The largest absolute Gasteiger partial charge is 0.365 e. The molecular formula is C17H17Cl2NO4S. The Morgan fingerprint density at radius 2 is 1.88 bits per heavy atom. The van der Waals surface area contributed by atoms with Crippen LogP contribution in [0.25, 0.3) is 0 Å². The Bertz CT molecular complexity index is 845. The molecule has 0 spiro atoms. The van der Waals surface area contributed by atoms with Crippen molar-refractivity contribution in [3.8, 4) is 0 Å². The zero-order chi connectivity index (χ0) is 18.0. The first kappa shape index (κ1) is 18.6. The van der Waals surface area contributed by atoms with E-state index in [9.17, 15) is 8.42 Å². The SMILES string of the molecule is NS(=O)(=O)OC[C@@H]1CC(c2ccccc2)O[C@H]1c1ccc(Cl)cc1Cl. The lowest BCUT2D eigenvalue weighted by Crippen LogP contribution is -2.22. The van der Waals surface area contributed by atoms with Crippen LogP contribution in [0.1, 0.15) is 29.8 Å². The summed E-state index contributed by atoms with van der Waals surface area (Å²) in [5.41, 5.74) is 1.75. The molecule has 2 N–H and O–H groups in total. The highest BCUT2D eigenvalue weighted by atomic mass is 35.5. The van der Waals surface area contributed by atoms with Crippen LogP contribution < -0.4 is 5.14 Å².